The van der Waals surface area contributed by atoms with Gasteiger partial charge in [-0.25, -0.2) is 4.52 Å². The minimum Gasteiger partial charge on any atom is -0.368 e. The Morgan fingerprint density at radius 2 is 1.97 bits per heavy atom. The van der Waals surface area contributed by atoms with Gasteiger partial charge in [-0.05, 0) is 63.0 Å². The summed E-state index contributed by atoms with van der Waals surface area (Å²) in [6.07, 6.45) is 9.07. The van der Waals surface area contributed by atoms with Crippen molar-refractivity contribution in [3.63, 3.8) is 0 Å². The number of nitrogens with one attached hydrogen (secondary N) is 2. The van der Waals surface area contributed by atoms with Crippen LogP contribution in [0.1, 0.15) is 30.5 Å². The van der Waals surface area contributed by atoms with E-state index in [1.807, 2.05) is 23.0 Å². The van der Waals surface area contributed by atoms with E-state index in [0.717, 1.165) is 61.6 Å². The Bertz CT molecular complexity index is 1380. The third kappa shape index (κ3) is 5.29. The van der Waals surface area contributed by atoms with Crippen molar-refractivity contribution in [3.8, 4) is 6.07 Å². The predicted molar refractivity (Wildman–Crippen MR) is 149 cm³/mol. The Kier molecular flexibility index (Phi) is 7.35. The maximum Gasteiger partial charge on any atom is 0.247 e. The summed E-state index contributed by atoms with van der Waals surface area (Å²) in [6.45, 7) is 2.63. The number of hydrogen-bond acceptors (Lipinski definition) is 8. The van der Waals surface area contributed by atoms with E-state index in [9.17, 15) is 5.26 Å². The summed E-state index contributed by atoms with van der Waals surface area (Å²) in [5.74, 6) is 0.546. The molecule has 0 amide bonds. The minimum atomic E-state index is -0.113. The molecular weight excluding hydrogens is 482 g/mol. The Morgan fingerprint density at radius 1 is 1.19 bits per heavy atom. The number of H-pyrrole nitrogens is 1. The van der Waals surface area contributed by atoms with Crippen molar-refractivity contribution in [1.29, 1.82) is 5.26 Å². The SMILES string of the molecule is CSc1ccc(C2(CC#N)CCN(c3cccn4nc(Nc5c[nH]nc5CCN(C)C)nc34)CC2)cc1. The van der Waals surface area contributed by atoms with E-state index in [2.05, 4.69) is 87.2 Å². The number of aromatic amines is 1. The van der Waals surface area contributed by atoms with Crippen LogP contribution in [0.4, 0.5) is 17.3 Å². The van der Waals surface area contributed by atoms with E-state index in [1.165, 1.54) is 10.5 Å². The van der Waals surface area contributed by atoms with Crippen LogP contribution >= 0.6 is 11.8 Å². The molecule has 37 heavy (non-hydrogen) atoms. The molecule has 0 aliphatic carbocycles. The fourth-order valence-corrected chi connectivity index (χ4v) is 5.51. The molecule has 9 nitrogen and oxygen atoms in total. The van der Waals surface area contributed by atoms with E-state index in [4.69, 9.17) is 4.98 Å². The molecule has 0 saturated carbocycles. The molecule has 1 aliphatic heterocycles. The summed E-state index contributed by atoms with van der Waals surface area (Å²) in [7, 11) is 4.11. The molecule has 1 aliphatic rings. The molecule has 0 spiro atoms. The molecule has 192 valence electrons. The van der Waals surface area contributed by atoms with Crippen LogP contribution < -0.4 is 10.2 Å². The number of aromatic nitrogens is 5. The van der Waals surface area contributed by atoms with Gasteiger partial charge >= 0.3 is 0 Å². The zero-order valence-electron chi connectivity index (χ0n) is 21.6. The first-order valence-electron chi connectivity index (χ1n) is 12.6. The third-order valence-corrected chi connectivity index (χ3v) is 8.03. The molecule has 1 fully saturated rings. The summed E-state index contributed by atoms with van der Waals surface area (Å²) in [6, 6.07) is 15.3. The molecule has 1 aromatic carbocycles. The summed E-state index contributed by atoms with van der Waals surface area (Å²) >= 11 is 1.74. The van der Waals surface area contributed by atoms with E-state index >= 15 is 0 Å². The number of pyridine rings is 1. The number of fused-ring (bicyclic) bond motifs is 1. The van der Waals surface area contributed by atoms with E-state index in [1.54, 1.807) is 11.8 Å². The molecule has 3 aromatic heterocycles. The van der Waals surface area contributed by atoms with Crippen molar-refractivity contribution in [2.24, 2.45) is 0 Å². The number of nitriles is 1. The van der Waals surface area contributed by atoms with Crippen LogP contribution in [-0.4, -0.2) is 69.7 Å². The second-order valence-electron chi connectivity index (χ2n) is 9.85. The fourth-order valence-electron chi connectivity index (χ4n) is 5.10. The lowest BCUT2D eigenvalue weighted by Gasteiger charge is -2.42. The van der Waals surface area contributed by atoms with Crippen LogP contribution in [0.2, 0.25) is 0 Å². The smallest absolute Gasteiger partial charge is 0.247 e. The van der Waals surface area contributed by atoms with Crippen LogP contribution in [0.25, 0.3) is 5.65 Å². The molecule has 0 atom stereocenters. The molecular formula is C27H33N9S. The first kappa shape index (κ1) is 25.1. The van der Waals surface area contributed by atoms with Crippen LogP contribution in [-0.2, 0) is 11.8 Å². The summed E-state index contributed by atoms with van der Waals surface area (Å²) in [5, 5.41) is 25.0. The fraction of sp³-hybridized carbons (Fsp3) is 0.407. The van der Waals surface area contributed by atoms with Crippen molar-refractivity contribution < 1.29 is 0 Å². The van der Waals surface area contributed by atoms with E-state index in [0.29, 0.717) is 12.4 Å². The average molecular weight is 516 g/mol. The minimum absolute atomic E-state index is 0.113. The van der Waals surface area contributed by atoms with Gasteiger partial charge in [0.2, 0.25) is 5.95 Å². The van der Waals surface area contributed by atoms with Gasteiger partial charge in [0.15, 0.2) is 5.65 Å². The standard InChI is InChI=1S/C27H33N9S/c1-34(2)16-10-22-23(19-29-32-22)30-26-31-25-24(5-4-15-36(25)33-26)35-17-12-27(11-14-28,13-18-35)20-6-8-21(37-3)9-7-20/h4-9,15,19H,10-13,16-18H2,1-3H3,(H,29,32)(H,30,33). The monoisotopic (exact) mass is 515 g/mol. The zero-order chi connectivity index (χ0) is 25.8. The Balaban J connectivity index is 1.34. The first-order valence-corrected chi connectivity index (χ1v) is 13.8. The van der Waals surface area contributed by atoms with Crippen molar-refractivity contribution in [1.82, 2.24) is 29.7 Å². The highest BCUT2D eigenvalue weighted by Crippen LogP contribution is 2.40. The summed E-state index contributed by atoms with van der Waals surface area (Å²) in [4.78, 5) is 10.6. The number of piperidine rings is 1. The average Bonchev–Trinajstić information content (AvgIpc) is 3.54. The number of nitrogens with zero attached hydrogens (tertiary/aromatic N) is 7. The molecule has 0 bridgehead atoms. The van der Waals surface area contributed by atoms with Crippen molar-refractivity contribution in [3.05, 3.63) is 60.0 Å². The molecule has 4 aromatic rings. The van der Waals surface area contributed by atoms with Gasteiger partial charge in [0.1, 0.15) is 0 Å². The van der Waals surface area contributed by atoms with Crippen LogP contribution in [0.3, 0.4) is 0 Å². The normalized spacial score (nSPS) is 15.3. The molecule has 0 unspecified atom stereocenters. The predicted octanol–water partition coefficient (Wildman–Crippen LogP) is 4.47. The van der Waals surface area contributed by atoms with Crippen molar-refractivity contribution >= 4 is 34.7 Å². The van der Waals surface area contributed by atoms with Crippen LogP contribution in [0, 0.1) is 11.3 Å². The van der Waals surface area contributed by atoms with Gasteiger partial charge < -0.3 is 15.1 Å². The highest BCUT2D eigenvalue weighted by molar-refractivity contribution is 7.98. The van der Waals surface area contributed by atoms with Crippen LogP contribution in [0.5, 0.6) is 0 Å². The molecule has 1 saturated heterocycles. The number of benzene rings is 1. The number of anilines is 3. The lowest BCUT2D eigenvalue weighted by atomic mass is 9.71. The Hall–Kier alpha value is -3.55. The number of hydrogen-bond donors (Lipinski definition) is 2. The summed E-state index contributed by atoms with van der Waals surface area (Å²) < 4.78 is 1.83. The quantitative estimate of drug-likeness (QED) is 0.315. The van der Waals surface area contributed by atoms with Crippen molar-refractivity contribution in [2.75, 3.05) is 50.2 Å². The molecule has 10 heteroatoms. The highest BCUT2D eigenvalue weighted by Gasteiger charge is 2.36. The van der Waals surface area contributed by atoms with Gasteiger partial charge in [-0.15, -0.1) is 16.9 Å². The lowest BCUT2D eigenvalue weighted by molar-refractivity contribution is 0.337. The van der Waals surface area contributed by atoms with Gasteiger partial charge in [0.05, 0.1) is 23.1 Å². The summed E-state index contributed by atoms with van der Waals surface area (Å²) in [5.41, 5.74) is 4.89. The largest absolute Gasteiger partial charge is 0.368 e. The Labute approximate surface area is 221 Å². The van der Waals surface area contributed by atoms with Crippen molar-refractivity contribution in [2.45, 2.75) is 36.0 Å². The number of thioether (sulfide) groups is 1. The topological polar surface area (TPSA) is 101 Å². The Morgan fingerprint density at radius 3 is 2.68 bits per heavy atom. The third-order valence-electron chi connectivity index (χ3n) is 7.28. The van der Waals surface area contributed by atoms with Gasteiger partial charge in [0, 0.05) is 55.2 Å². The number of rotatable bonds is 9. The molecule has 5 rings (SSSR count). The molecule has 4 heterocycles. The lowest BCUT2D eigenvalue weighted by Crippen LogP contribution is -2.42. The molecule has 2 N–H and O–H groups in total. The van der Waals surface area contributed by atoms with Crippen LogP contribution in [0.15, 0.2) is 53.7 Å². The second kappa shape index (κ2) is 10.8. The maximum absolute atomic E-state index is 9.65. The van der Waals surface area contributed by atoms with Gasteiger partial charge in [-0.2, -0.15) is 15.3 Å². The second-order valence-corrected chi connectivity index (χ2v) is 10.7. The van der Waals surface area contributed by atoms with Gasteiger partial charge in [-0.3, -0.25) is 5.10 Å². The maximum atomic E-state index is 9.65. The number of likely N-dealkylation sites (N-methyl/N-ethyl adjacent to an activating group) is 1. The molecule has 0 radical (unpaired) electrons. The highest BCUT2D eigenvalue weighted by atomic mass is 32.2. The first-order chi connectivity index (χ1) is 18.0. The van der Waals surface area contributed by atoms with E-state index in [-0.39, 0.29) is 5.41 Å². The van der Waals surface area contributed by atoms with Gasteiger partial charge in [0.25, 0.3) is 0 Å². The zero-order valence-corrected chi connectivity index (χ0v) is 22.4. The van der Waals surface area contributed by atoms with Gasteiger partial charge in [-0.1, -0.05) is 12.1 Å². The van der Waals surface area contributed by atoms with E-state index < -0.39 is 0 Å².